The molecule has 5 nitrogen and oxygen atoms in total. The summed E-state index contributed by atoms with van der Waals surface area (Å²) in [7, 11) is 0. The van der Waals surface area contributed by atoms with E-state index < -0.39 is 5.41 Å². The molecule has 2 N–H and O–H groups in total. The molecule has 0 spiro atoms. The second kappa shape index (κ2) is 4.60. The molecule has 0 radical (unpaired) electrons. The minimum absolute atomic E-state index is 0.0680. The van der Waals surface area contributed by atoms with Crippen LogP contribution in [0.1, 0.15) is 20.8 Å². The van der Waals surface area contributed by atoms with E-state index in [-0.39, 0.29) is 5.91 Å². The number of aromatic amines is 1. The molecule has 0 aliphatic heterocycles. The predicted octanol–water partition coefficient (Wildman–Crippen LogP) is 2.46. The monoisotopic (exact) mass is 244 g/mol. The van der Waals surface area contributed by atoms with Crippen LogP contribution in [0.25, 0.3) is 11.4 Å². The molecule has 0 aliphatic carbocycles. The predicted molar refractivity (Wildman–Crippen MR) is 69.9 cm³/mol. The Hall–Kier alpha value is -2.17. The Kier molecular flexibility index (Phi) is 3.14. The van der Waals surface area contributed by atoms with E-state index in [4.69, 9.17) is 0 Å². The second-order valence-corrected chi connectivity index (χ2v) is 5.09. The number of hydrogen-bond donors (Lipinski definition) is 2. The van der Waals surface area contributed by atoms with Gasteiger partial charge in [-0.1, -0.05) is 26.8 Å². The van der Waals surface area contributed by atoms with Crippen molar-refractivity contribution < 1.29 is 4.79 Å². The highest BCUT2D eigenvalue weighted by Gasteiger charge is 2.22. The molecule has 0 bridgehead atoms. The first-order valence-electron chi connectivity index (χ1n) is 5.75. The first-order chi connectivity index (χ1) is 8.47. The fourth-order valence-electron chi connectivity index (χ4n) is 1.34. The van der Waals surface area contributed by atoms with Crippen molar-refractivity contribution >= 4 is 11.7 Å². The van der Waals surface area contributed by atoms with Crippen molar-refractivity contribution in [2.45, 2.75) is 20.8 Å². The molecule has 0 fully saturated rings. The van der Waals surface area contributed by atoms with Crippen LogP contribution in [-0.4, -0.2) is 21.1 Å². The zero-order chi connectivity index (χ0) is 13.2. The molecule has 1 amide bonds. The number of nitrogens with one attached hydrogen (secondary N) is 2. The number of carbonyl (C=O) groups is 1. The summed E-state index contributed by atoms with van der Waals surface area (Å²) in [6.45, 7) is 5.57. The van der Waals surface area contributed by atoms with Crippen LogP contribution in [0.15, 0.2) is 30.5 Å². The van der Waals surface area contributed by atoms with Crippen LogP contribution < -0.4 is 5.32 Å². The number of carbonyl (C=O) groups excluding carboxylic acids is 1. The summed E-state index contributed by atoms with van der Waals surface area (Å²) in [6, 6.07) is 7.40. The SMILES string of the molecule is CC(C)(C)C(=O)Nc1cc(-c2ccccn2)[nH]n1. The summed E-state index contributed by atoms with van der Waals surface area (Å²) in [6.07, 6.45) is 1.71. The molecule has 2 heterocycles. The molecule has 0 saturated heterocycles. The van der Waals surface area contributed by atoms with Crippen LogP contribution in [0.3, 0.4) is 0 Å². The lowest BCUT2D eigenvalue weighted by atomic mass is 9.96. The van der Waals surface area contributed by atoms with E-state index in [0.29, 0.717) is 5.82 Å². The molecule has 94 valence electrons. The third-order valence-electron chi connectivity index (χ3n) is 2.44. The van der Waals surface area contributed by atoms with Crippen LogP contribution in [0.4, 0.5) is 5.82 Å². The minimum Gasteiger partial charge on any atom is -0.309 e. The number of amides is 1. The van der Waals surface area contributed by atoms with Gasteiger partial charge in [0.15, 0.2) is 5.82 Å². The number of aromatic nitrogens is 3. The highest BCUT2D eigenvalue weighted by molar-refractivity contribution is 5.94. The lowest BCUT2D eigenvalue weighted by molar-refractivity contribution is -0.123. The van der Waals surface area contributed by atoms with Gasteiger partial charge in [0.2, 0.25) is 5.91 Å². The number of rotatable bonds is 2. The van der Waals surface area contributed by atoms with Crippen molar-refractivity contribution in [1.82, 2.24) is 15.2 Å². The molecular formula is C13H16N4O. The Balaban J connectivity index is 2.15. The first-order valence-corrected chi connectivity index (χ1v) is 5.75. The molecule has 5 heteroatoms. The van der Waals surface area contributed by atoms with Crippen LogP contribution in [0.5, 0.6) is 0 Å². The molecule has 2 aromatic rings. The molecule has 18 heavy (non-hydrogen) atoms. The lowest BCUT2D eigenvalue weighted by Crippen LogP contribution is -2.27. The van der Waals surface area contributed by atoms with Crippen molar-refractivity contribution in [2.75, 3.05) is 5.32 Å². The van der Waals surface area contributed by atoms with E-state index in [1.54, 1.807) is 12.3 Å². The Morgan fingerprint density at radius 3 is 2.72 bits per heavy atom. The van der Waals surface area contributed by atoms with E-state index in [1.165, 1.54) is 0 Å². The molecule has 0 aromatic carbocycles. The van der Waals surface area contributed by atoms with Crippen LogP contribution in [0.2, 0.25) is 0 Å². The van der Waals surface area contributed by atoms with Crippen LogP contribution >= 0.6 is 0 Å². The standard InChI is InChI=1S/C13H16N4O/c1-13(2,3)12(18)15-11-8-10(16-17-11)9-6-4-5-7-14-9/h4-8H,1-3H3,(H2,15,16,17,18). The van der Waals surface area contributed by atoms with E-state index >= 15 is 0 Å². The molecule has 0 aliphatic rings. The molecular weight excluding hydrogens is 228 g/mol. The summed E-state index contributed by atoms with van der Waals surface area (Å²) in [5, 5.41) is 9.66. The molecule has 2 aromatic heterocycles. The number of pyridine rings is 1. The minimum atomic E-state index is -0.440. The number of nitrogens with zero attached hydrogens (tertiary/aromatic N) is 2. The van der Waals surface area contributed by atoms with Gasteiger partial charge in [0.1, 0.15) is 0 Å². The molecule has 0 atom stereocenters. The summed E-state index contributed by atoms with van der Waals surface area (Å²) in [5.41, 5.74) is 1.13. The first kappa shape index (κ1) is 12.3. The van der Waals surface area contributed by atoms with Gasteiger partial charge in [0, 0.05) is 17.7 Å². The Labute approximate surface area is 106 Å². The van der Waals surface area contributed by atoms with Gasteiger partial charge in [-0.3, -0.25) is 14.9 Å². The zero-order valence-corrected chi connectivity index (χ0v) is 10.7. The van der Waals surface area contributed by atoms with E-state index in [2.05, 4.69) is 20.5 Å². The Morgan fingerprint density at radius 1 is 1.33 bits per heavy atom. The summed E-state index contributed by atoms with van der Waals surface area (Å²) in [5.74, 6) is 0.442. The van der Waals surface area contributed by atoms with Crippen molar-refractivity contribution in [3.05, 3.63) is 30.5 Å². The maximum Gasteiger partial charge on any atom is 0.230 e. The van der Waals surface area contributed by atoms with Crippen molar-refractivity contribution in [3.8, 4) is 11.4 Å². The molecule has 0 saturated carbocycles. The molecule has 0 unspecified atom stereocenters. The van der Waals surface area contributed by atoms with E-state index in [0.717, 1.165) is 11.4 Å². The van der Waals surface area contributed by atoms with Gasteiger partial charge >= 0.3 is 0 Å². The third kappa shape index (κ3) is 2.74. The third-order valence-corrected chi connectivity index (χ3v) is 2.44. The van der Waals surface area contributed by atoms with Gasteiger partial charge in [0.05, 0.1) is 11.4 Å². The van der Waals surface area contributed by atoms with Gasteiger partial charge < -0.3 is 5.32 Å². The summed E-state index contributed by atoms with van der Waals surface area (Å²) in [4.78, 5) is 16.0. The highest BCUT2D eigenvalue weighted by Crippen LogP contribution is 2.19. The highest BCUT2D eigenvalue weighted by atomic mass is 16.2. The lowest BCUT2D eigenvalue weighted by Gasteiger charge is -2.15. The van der Waals surface area contributed by atoms with Crippen LogP contribution in [0, 0.1) is 5.41 Å². The topological polar surface area (TPSA) is 70.7 Å². The number of H-pyrrole nitrogens is 1. The maximum atomic E-state index is 11.8. The van der Waals surface area contributed by atoms with Gasteiger partial charge in [-0.25, -0.2) is 0 Å². The quantitative estimate of drug-likeness (QED) is 0.852. The molecule has 2 rings (SSSR count). The summed E-state index contributed by atoms with van der Waals surface area (Å²) >= 11 is 0. The average molecular weight is 244 g/mol. The Bertz CT molecular complexity index is 540. The van der Waals surface area contributed by atoms with Gasteiger partial charge in [-0.05, 0) is 12.1 Å². The van der Waals surface area contributed by atoms with E-state index in [1.807, 2.05) is 39.0 Å². The average Bonchev–Trinajstić information content (AvgIpc) is 2.77. The largest absolute Gasteiger partial charge is 0.309 e. The smallest absolute Gasteiger partial charge is 0.230 e. The maximum absolute atomic E-state index is 11.8. The number of hydrogen-bond acceptors (Lipinski definition) is 3. The van der Waals surface area contributed by atoms with E-state index in [9.17, 15) is 4.79 Å². The van der Waals surface area contributed by atoms with Gasteiger partial charge in [0.25, 0.3) is 0 Å². The summed E-state index contributed by atoms with van der Waals surface area (Å²) < 4.78 is 0. The van der Waals surface area contributed by atoms with Crippen molar-refractivity contribution in [1.29, 1.82) is 0 Å². The van der Waals surface area contributed by atoms with Gasteiger partial charge in [-0.2, -0.15) is 5.10 Å². The fraction of sp³-hybridized carbons (Fsp3) is 0.308. The fourth-order valence-corrected chi connectivity index (χ4v) is 1.34. The Morgan fingerprint density at radius 2 is 2.11 bits per heavy atom. The normalized spacial score (nSPS) is 11.3. The second-order valence-electron chi connectivity index (χ2n) is 5.09. The number of anilines is 1. The van der Waals surface area contributed by atoms with Crippen molar-refractivity contribution in [3.63, 3.8) is 0 Å². The van der Waals surface area contributed by atoms with Gasteiger partial charge in [-0.15, -0.1) is 0 Å². The van der Waals surface area contributed by atoms with Crippen molar-refractivity contribution in [2.24, 2.45) is 5.41 Å². The van der Waals surface area contributed by atoms with Crippen LogP contribution in [-0.2, 0) is 4.79 Å². The zero-order valence-electron chi connectivity index (χ0n) is 10.7.